The molecule has 0 aromatic carbocycles. The highest BCUT2D eigenvalue weighted by Gasteiger charge is 2.18. The first-order chi connectivity index (χ1) is 8.01. The van der Waals surface area contributed by atoms with Gasteiger partial charge < -0.3 is 10.1 Å². The molecule has 0 radical (unpaired) electrons. The van der Waals surface area contributed by atoms with Gasteiger partial charge in [0.25, 0.3) is 0 Å². The Bertz CT molecular complexity index is 306. The lowest BCUT2D eigenvalue weighted by Gasteiger charge is -2.31. The predicted molar refractivity (Wildman–Crippen MR) is 69.1 cm³/mol. The Labute approximate surface area is 104 Å². The molecule has 1 fully saturated rings. The second kappa shape index (κ2) is 7.31. The van der Waals surface area contributed by atoms with Gasteiger partial charge in [0, 0.05) is 39.5 Å². The van der Waals surface area contributed by atoms with Crippen LogP contribution in [0.4, 0.5) is 0 Å². The average Bonchev–Trinajstić information content (AvgIpc) is 2.27. The molecule has 0 aliphatic carbocycles. The molecule has 17 heavy (non-hydrogen) atoms. The monoisotopic (exact) mass is 264 g/mol. The molecule has 0 spiro atoms. The quantitative estimate of drug-likeness (QED) is 0.642. The summed E-state index contributed by atoms with van der Waals surface area (Å²) >= 11 is 0. The zero-order valence-corrected chi connectivity index (χ0v) is 11.6. The van der Waals surface area contributed by atoms with Gasteiger partial charge in [0.05, 0.1) is 11.9 Å². The lowest BCUT2D eigenvalue weighted by Crippen LogP contribution is -2.42. The number of rotatable bonds is 7. The van der Waals surface area contributed by atoms with Gasteiger partial charge in [0.2, 0.25) is 0 Å². The van der Waals surface area contributed by atoms with Crippen molar-refractivity contribution in [2.75, 3.05) is 51.8 Å². The molecule has 0 bridgehead atoms. The lowest BCUT2D eigenvalue weighted by atomic mass is 10.1. The van der Waals surface area contributed by atoms with Crippen molar-refractivity contribution in [3.63, 3.8) is 0 Å². The first kappa shape index (κ1) is 14.9. The SMILES string of the molecule is COC1CCCN(CCNCCS(C)(=O)=O)C1. The second-order valence-electron chi connectivity index (χ2n) is 4.68. The molecule has 1 rings (SSSR count). The molecule has 0 aromatic rings. The Hall–Kier alpha value is -0.170. The molecule has 0 amide bonds. The first-order valence-electron chi connectivity index (χ1n) is 6.15. The Morgan fingerprint density at radius 3 is 2.82 bits per heavy atom. The van der Waals surface area contributed by atoms with E-state index in [2.05, 4.69) is 10.2 Å². The van der Waals surface area contributed by atoms with E-state index in [9.17, 15) is 8.42 Å². The van der Waals surface area contributed by atoms with E-state index in [1.807, 2.05) is 0 Å². The summed E-state index contributed by atoms with van der Waals surface area (Å²) in [6.07, 6.45) is 3.96. The van der Waals surface area contributed by atoms with E-state index in [0.29, 0.717) is 12.6 Å². The summed E-state index contributed by atoms with van der Waals surface area (Å²) < 4.78 is 27.2. The van der Waals surface area contributed by atoms with Crippen LogP contribution in [0.2, 0.25) is 0 Å². The number of hydrogen-bond donors (Lipinski definition) is 1. The van der Waals surface area contributed by atoms with E-state index in [1.54, 1.807) is 7.11 Å². The highest BCUT2D eigenvalue weighted by molar-refractivity contribution is 7.90. The van der Waals surface area contributed by atoms with E-state index in [4.69, 9.17) is 4.74 Å². The van der Waals surface area contributed by atoms with Gasteiger partial charge in [0.15, 0.2) is 0 Å². The number of piperidine rings is 1. The third-order valence-electron chi connectivity index (χ3n) is 3.05. The number of likely N-dealkylation sites (tertiary alicyclic amines) is 1. The summed E-state index contributed by atoms with van der Waals surface area (Å²) in [7, 11) is -1.08. The van der Waals surface area contributed by atoms with Gasteiger partial charge in [-0.1, -0.05) is 0 Å². The third kappa shape index (κ3) is 6.98. The van der Waals surface area contributed by atoms with Crippen LogP contribution >= 0.6 is 0 Å². The minimum absolute atomic E-state index is 0.216. The first-order valence-corrected chi connectivity index (χ1v) is 8.21. The minimum Gasteiger partial charge on any atom is -0.380 e. The van der Waals surface area contributed by atoms with E-state index in [0.717, 1.165) is 32.6 Å². The number of sulfone groups is 1. The normalized spacial score (nSPS) is 22.8. The van der Waals surface area contributed by atoms with E-state index >= 15 is 0 Å². The second-order valence-corrected chi connectivity index (χ2v) is 6.94. The Morgan fingerprint density at radius 1 is 1.41 bits per heavy atom. The average molecular weight is 264 g/mol. The molecule has 1 N–H and O–H groups in total. The molecule has 6 heteroatoms. The van der Waals surface area contributed by atoms with Crippen molar-refractivity contribution in [1.29, 1.82) is 0 Å². The summed E-state index contributed by atoms with van der Waals surface area (Å²) in [6, 6.07) is 0. The van der Waals surface area contributed by atoms with Gasteiger partial charge in [-0.3, -0.25) is 4.90 Å². The van der Waals surface area contributed by atoms with Crippen LogP contribution in [0.15, 0.2) is 0 Å². The Balaban J connectivity index is 2.06. The number of nitrogens with one attached hydrogen (secondary N) is 1. The maximum absolute atomic E-state index is 10.9. The molecular weight excluding hydrogens is 240 g/mol. The fraction of sp³-hybridized carbons (Fsp3) is 1.00. The number of methoxy groups -OCH3 is 1. The summed E-state index contributed by atoms with van der Waals surface area (Å²) in [5, 5.41) is 3.16. The molecule has 1 saturated heterocycles. The molecule has 102 valence electrons. The van der Waals surface area contributed by atoms with Gasteiger partial charge in [-0.25, -0.2) is 8.42 Å². The zero-order chi connectivity index (χ0) is 12.7. The number of hydrogen-bond acceptors (Lipinski definition) is 5. The zero-order valence-electron chi connectivity index (χ0n) is 10.8. The van der Waals surface area contributed by atoms with Gasteiger partial charge in [0.1, 0.15) is 9.84 Å². The molecule has 1 heterocycles. The van der Waals surface area contributed by atoms with Crippen LogP contribution in [0.1, 0.15) is 12.8 Å². The molecule has 1 atom stereocenters. The standard InChI is InChI=1S/C11H24N2O3S/c1-16-11-4-3-7-13(10-11)8-5-12-6-9-17(2,14)15/h11-12H,3-10H2,1-2H3. The van der Waals surface area contributed by atoms with Crippen LogP contribution in [-0.2, 0) is 14.6 Å². The van der Waals surface area contributed by atoms with Gasteiger partial charge in [-0.2, -0.15) is 0 Å². The van der Waals surface area contributed by atoms with E-state index < -0.39 is 9.84 Å². The minimum atomic E-state index is -2.84. The van der Waals surface area contributed by atoms with Crippen LogP contribution in [0.25, 0.3) is 0 Å². The van der Waals surface area contributed by atoms with Gasteiger partial charge in [-0.05, 0) is 19.4 Å². The third-order valence-corrected chi connectivity index (χ3v) is 4.00. The van der Waals surface area contributed by atoms with E-state index in [-0.39, 0.29) is 5.75 Å². The van der Waals surface area contributed by atoms with Gasteiger partial charge in [-0.15, -0.1) is 0 Å². The largest absolute Gasteiger partial charge is 0.380 e. The summed E-state index contributed by atoms with van der Waals surface area (Å²) in [4.78, 5) is 2.37. The fourth-order valence-corrected chi connectivity index (χ4v) is 2.54. The van der Waals surface area contributed by atoms with Crippen LogP contribution in [0.5, 0.6) is 0 Å². The molecule has 1 aliphatic heterocycles. The van der Waals surface area contributed by atoms with Crippen LogP contribution in [0, 0.1) is 0 Å². The highest BCUT2D eigenvalue weighted by atomic mass is 32.2. The van der Waals surface area contributed by atoms with Crippen LogP contribution < -0.4 is 5.32 Å². The maximum atomic E-state index is 10.9. The lowest BCUT2D eigenvalue weighted by molar-refractivity contribution is 0.0319. The topological polar surface area (TPSA) is 58.6 Å². The maximum Gasteiger partial charge on any atom is 0.148 e. The molecule has 1 unspecified atom stereocenters. The Morgan fingerprint density at radius 2 is 2.18 bits per heavy atom. The van der Waals surface area contributed by atoms with Crippen molar-refractivity contribution in [2.45, 2.75) is 18.9 Å². The van der Waals surface area contributed by atoms with Crippen LogP contribution in [0.3, 0.4) is 0 Å². The van der Waals surface area contributed by atoms with E-state index in [1.165, 1.54) is 12.7 Å². The Kier molecular flexibility index (Phi) is 6.40. The van der Waals surface area contributed by atoms with Gasteiger partial charge >= 0.3 is 0 Å². The molecular formula is C11H24N2O3S. The van der Waals surface area contributed by atoms with Crippen molar-refractivity contribution in [3.05, 3.63) is 0 Å². The summed E-state index contributed by atoms with van der Waals surface area (Å²) in [5.74, 6) is 0.216. The summed E-state index contributed by atoms with van der Waals surface area (Å²) in [6.45, 7) is 4.45. The van der Waals surface area contributed by atoms with Crippen molar-refractivity contribution >= 4 is 9.84 Å². The molecule has 0 aromatic heterocycles. The summed E-state index contributed by atoms with van der Waals surface area (Å²) in [5.41, 5.74) is 0. The molecule has 1 aliphatic rings. The number of ether oxygens (including phenoxy) is 1. The predicted octanol–water partition coefficient (Wildman–Crippen LogP) is -0.269. The fourth-order valence-electron chi connectivity index (χ4n) is 2.03. The molecule has 5 nitrogen and oxygen atoms in total. The van der Waals surface area contributed by atoms with Crippen molar-refractivity contribution < 1.29 is 13.2 Å². The highest BCUT2D eigenvalue weighted by Crippen LogP contribution is 2.11. The van der Waals surface area contributed by atoms with Crippen LogP contribution in [-0.4, -0.2) is 71.3 Å². The van der Waals surface area contributed by atoms with Crippen molar-refractivity contribution in [2.24, 2.45) is 0 Å². The number of nitrogens with zero attached hydrogens (tertiary/aromatic N) is 1. The van der Waals surface area contributed by atoms with Crippen molar-refractivity contribution in [3.8, 4) is 0 Å². The molecule has 0 saturated carbocycles. The smallest absolute Gasteiger partial charge is 0.148 e. The van der Waals surface area contributed by atoms with Crippen molar-refractivity contribution in [1.82, 2.24) is 10.2 Å².